The van der Waals surface area contributed by atoms with Crippen molar-refractivity contribution in [3.8, 4) is 0 Å². The van der Waals surface area contributed by atoms with E-state index in [4.69, 9.17) is 4.74 Å². The van der Waals surface area contributed by atoms with Crippen LogP contribution in [-0.2, 0) is 11.2 Å². The van der Waals surface area contributed by atoms with E-state index < -0.39 is 0 Å². The Morgan fingerprint density at radius 2 is 1.29 bits per heavy atom. The standard InChI is InChI=1S/C13H27N.C10H13NO.C8H10/c1-4-10-14(11-5-2)13-8-6-12(3)7-9-13;1-2-4-10(5-3-1)11-6-8-12-9-7-11;1-2-8-6-4-3-5-7-8/h12-13H,4-11H2,1-3H3;1-5H,6-9H2;3-7H,2H2,1H3. The second-order valence-corrected chi connectivity index (χ2v) is 9.72. The van der Waals surface area contributed by atoms with Gasteiger partial charge in [0.2, 0.25) is 0 Å². The molecule has 2 fully saturated rings. The smallest absolute Gasteiger partial charge is 0.0642 e. The van der Waals surface area contributed by atoms with Crippen LogP contribution in [0.3, 0.4) is 0 Å². The third-order valence-electron chi connectivity index (χ3n) is 6.91. The molecule has 3 nitrogen and oxygen atoms in total. The minimum atomic E-state index is 0.856. The highest BCUT2D eigenvalue weighted by Crippen LogP contribution is 2.27. The van der Waals surface area contributed by atoms with E-state index in [9.17, 15) is 0 Å². The molecule has 4 rings (SSSR count). The average molecular weight is 467 g/mol. The van der Waals surface area contributed by atoms with Crippen molar-refractivity contribution >= 4 is 5.69 Å². The second-order valence-electron chi connectivity index (χ2n) is 9.72. The molecule has 0 N–H and O–H groups in total. The molecule has 0 spiro atoms. The first-order chi connectivity index (χ1) is 16.7. The van der Waals surface area contributed by atoms with Gasteiger partial charge in [0.15, 0.2) is 0 Å². The SMILES string of the molecule is CCCN(CCC)C1CCC(C)CC1.CCc1ccccc1.c1ccc(N2CCOCC2)cc1. The minimum absolute atomic E-state index is 0.856. The molecule has 2 aromatic rings. The maximum Gasteiger partial charge on any atom is 0.0642 e. The van der Waals surface area contributed by atoms with Crippen LogP contribution in [0.4, 0.5) is 5.69 Å². The molecule has 1 aliphatic heterocycles. The number of aryl methyl sites for hydroxylation is 1. The number of benzene rings is 2. The molecule has 34 heavy (non-hydrogen) atoms. The summed E-state index contributed by atoms with van der Waals surface area (Å²) in [5.41, 5.74) is 2.72. The van der Waals surface area contributed by atoms with Crippen LogP contribution in [0.25, 0.3) is 0 Å². The Labute approximate surface area is 210 Å². The molecule has 0 unspecified atom stereocenters. The van der Waals surface area contributed by atoms with Crippen LogP contribution < -0.4 is 4.90 Å². The topological polar surface area (TPSA) is 15.7 Å². The molecule has 1 aliphatic carbocycles. The summed E-state index contributed by atoms with van der Waals surface area (Å²) >= 11 is 0. The van der Waals surface area contributed by atoms with Crippen LogP contribution in [0.5, 0.6) is 0 Å². The Hall–Kier alpha value is -1.84. The van der Waals surface area contributed by atoms with Crippen LogP contribution in [0.15, 0.2) is 60.7 Å². The van der Waals surface area contributed by atoms with Gasteiger partial charge in [0.25, 0.3) is 0 Å². The van der Waals surface area contributed by atoms with Crippen molar-refractivity contribution in [1.82, 2.24) is 4.90 Å². The lowest BCUT2D eigenvalue weighted by Gasteiger charge is -2.35. The summed E-state index contributed by atoms with van der Waals surface area (Å²) in [6, 6.07) is 21.8. The van der Waals surface area contributed by atoms with Crippen molar-refractivity contribution in [1.29, 1.82) is 0 Å². The van der Waals surface area contributed by atoms with Crippen LogP contribution in [-0.4, -0.2) is 50.3 Å². The Balaban J connectivity index is 0.000000187. The fraction of sp³-hybridized carbons (Fsp3) is 0.613. The Morgan fingerprint density at radius 3 is 1.76 bits per heavy atom. The second kappa shape index (κ2) is 17.6. The molecule has 0 aromatic heterocycles. The van der Waals surface area contributed by atoms with E-state index in [1.165, 1.54) is 62.9 Å². The number of anilines is 1. The zero-order chi connectivity index (χ0) is 24.4. The summed E-state index contributed by atoms with van der Waals surface area (Å²) in [6.07, 6.45) is 9.56. The first-order valence-electron chi connectivity index (χ1n) is 13.8. The summed E-state index contributed by atoms with van der Waals surface area (Å²) in [4.78, 5) is 5.08. The molecule has 0 radical (unpaired) electrons. The highest BCUT2D eigenvalue weighted by Gasteiger charge is 2.22. The minimum Gasteiger partial charge on any atom is -0.378 e. The first kappa shape index (κ1) is 28.4. The largest absolute Gasteiger partial charge is 0.378 e. The van der Waals surface area contributed by atoms with Crippen molar-refractivity contribution in [3.05, 3.63) is 66.2 Å². The van der Waals surface area contributed by atoms with Gasteiger partial charge in [-0.2, -0.15) is 0 Å². The normalized spacial score (nSPS) is 20.1. The van der Waals surface area contributed by atoms with E-state index >= 15 is 0 Å². The van der Waals surface area contributed by atoms with Gasteiger partial charge in [-0.1, -0.05) is 76.2 Å². The predicted octanol–water partition coefficient (Wildman–Crippen LogP) is 7.46. The van der Waals surface area contributed by atoms with Crippen LogP contribution in [0.2, 0.25) is 0 Å². The van der Waals surface area contributed by atoms with E-state index in [1.54, 1.807) is 0 Å². The van der Waals surface area contributed by atoms with Crippen LogP contribution >= 0.6 is 0 Å². The quantitative estimate of drug-likeness (QED) is 0.421. The van der Waals surface area contributed by atoms with Gasteiger partial charge in [0, 0.05) is 24.8 Å². The molecule has 2 aliphatic rings. The van der Waals surface area contributed by atoms with E-state index in [1.807, 2.05) is 12.1 Å². The fourth-order valence-corrected chi connectivity index (χ4v) is 4.83. The molecular weight excluding hydrogens is 416 g/mol. The van der Waals surface area contributed by atoms with Crippen LogP contribution in [0, 0.1) is 5.92 Å². The lowest BCUT2D eigenvalue weighted by Crippen LogP contribution is -2.38. The van der Waals surface area contributed by atoms with Gasteiger partial charge in [-0.05, 0) is 81.6 Å². The number of para-hydroxylation sites is 1. The molecule has 1 heterocycles. The van der Waals surface area contributed by atoms with Gasteiger partial charge in [-0.25, -0.2) is 0 Å². The van der Waals surface area contributed by atoms with Crippen molar-refractivity contribution in [2.45, 2.75) is 78.7 Å². The molecule has 190 valence electrons. The number of rotatable bonds is 7. The monoisotopic (exact) mass is 466 g/mol. The summed E-state index contributed by atoms with van der Waals surface area (Å²) in [5.74, 6) is 0.983. The molecule has 0 bridgehead atoms. The maximum absolute atomic E-state index is 5.28. The van der Waals surface area contributed by atoms with E-state index in [0.29, 0.717) is 0 Å². The van der Waals surface area contributed by atoms with Crippen molar-refractivity contribution < 1.29 is 4.74 Å². The average Bonchev–Trinajstić information content (AvgIpc) is 2.91. The number of ether oxygens (including phenoxy) is 1. The van der Waals surface area contributed by atoms with Crippen molar-refractivity contribution in [3.63, 3.8) is 0 Å². The Kier molecular flexibility index (Phi) is 14.7. The zero-order valence-corrected chi connectivity index (χ0v) is 22.4. The molecule has 1 saturated carbocycles. The lowest BCUT2D eigenvalue weighted by atomic mass is 9.86. The molecular formula is C31H50N2O. The molecule has 0 amide bonds. The Morgan fingerprint density at radius 1 is 0.765 bits per heavy atom. The molecule has 0 atom stereocenters. The first-order valence-corrected chi connectivity index (χ1v) is 13.8. The number of hydrogen-bond donors (Lipinski definition) is 0. The van der Waals surface area contributed by atoms with Crippen molar-refractivity contribution in [2.75, 3.05) is 44.3 Å². The number of morpholine rings is 1. The highest BCUT2D eigenvalue weighted by atomic mass is 16.5. The number of hydrogen-bond acceptors (Lipinski definition) is 3. The third kappa shape index (κ3) is 11.1. The van der Waals surface area contributed by atoms with Gasteiger partial charge in [-0.3, -0.25) is 0 Å². The molecule has 3 heteroatoms. The molecule has 2 aromatic carbocycles. The zero-order valence-electron chi connectivity index (χ0n) is 22.4. The maximum atomic E-state index is 5.28. The third-order valence-corrected chi connectivity index (χ3v) is 6.91. The highest BCUT2D eigenvalue weighted by molar-refractivity contribution is 5.46. The summed E-state index contributed by atoms with van der Waals surface area (Å²) in [6.45, 7) is 15.5. The fourth-order valence-electron chi connectivity index (χ4n) is 4.83. The lowest BCUT2D eigenvalue weighted by molar-refractivity contribution is 0.122. The Bertz CT molecular complexity index is 701. The van der Waals surface area contributed by atoms with Gasteiger partial charge in [0.1, 0.15) is 0 Å². The van der Waals surface area contributed by atoms with Gasteiger partial charge < -0.3 is 14.5 Å². The number of nitrogens with zero attached hydrogens (tertiary/aromatic N) is 2. The van der Waals surface area contributed by atoms with Crippen LogP contribution in [0.1, 0.15) is 71.8 Å². The van der Waals surface area contributed by atoms with E-state index in [2.05, 4.69) is 86.0 Å². The predicted molar refractivity (Wildman–Crippen MR) is 149 cm³/mol. The van der Waals surface area contributed by atoms with Crippen molar-refractivity contribution in [2.24, 2.45) is 5.92 Å². The summed E-state index contributed by atoms with van der Waals surface area (Å²) in [5, 5.41) is 0. The summed E-state index contributed by atoms with van der Waals surface area (Å²) < 4.78 is 5.28. The van der Waals surface area contributed by atoms with E-state index in [0.717, 1.165) is 44.7 Å². The summed E-state index contributed by atoms with van der Waals surface area (Å²) in [7, 11) is 0. The van der Waals surface area contributed by atoms with Gasteiger partial charge >= 0.3 is 0 Å². The van der Waals surface area contributed by atoms with Gasteiger partial charge in [0.05, 0.1) is 13.2 Å². The van der Waals surface area contributed by atoms with E-state index in [-0.39, 0.29) is 0 Å². The molecule has 1 saturated heterocycles. The van der Waals surface area contributed by atoms with Gasteiger partial charge in [-0.15, -0.1) is 0 Å².